The monoisotopic (exact) mass is 524 g/mol. The van der Waals surface area contributed by atoms with Crippen molar-refractivity contribution in [2.75, 3.05) is 6.61 Å². The molecular weight excluding hydrogens is 488 g/mol. The SMILES string of the molecule is CCCCCCCCCCCCCCCOC(=O)c1cc([N+](=O)[O-])cc2c1-c1ccc([N+](=O)[O-])cc1C2=O. The van der Waals surface area contributed by atoms with Gasteiger partial charge in [-0.1, -0.05) is 84.0 Å². The number of unbranched alkanes of at least 4 members (excludes halogenated alkanes) is 12. The summed E-state index contributed by atoms with van der Waals surface area (Å²) in [4.78, 5) is 47.1. The first-order valence-corrected chi connectivity index (χ1v) is 13.7. The summed E-state index contributed by atoms with van der Waals surface area (Å²) in [6.07, 6.45) is 15.5. The number of ketones is 1. The van der Waals surface area contributed by atoms with E-state index in [1.165, 1.54) is 69.9 Å². The van der Waals surface area contributed by atoms with Crippen LogP contribution in [-0.2, 0) is 4.74 Å². The van der Waals surface area contributed by atoms with E-state index in [-0.39, 0.29) is 34.5 Å². The van der Waals surface area contributed by atoms with Gasteiger partial charge in [-0.05, 0) is 18.1 Å². The molecule has 2 aromatic rings. The van der Waals surface area contributed by atoms with E-state index in [9.17, 15) is 29.8 Å². The van der Waals surface area contributed by atoms with Crippen LogP contribution in [0.4, 0.5) is 11.4 Å². The van der Waals surface area contributed by atoms with Gasteiger partial charge in [-0.25, -0.2) is 4.79 Å². The summed E-state index contributed by atoms with van der Waals surface area (Å²) in [6.45, 7) is 2.41. The molecule has 0 spiro atoms. The molecule has 0 saturated carbocycles. The number of carbonyl (C=O) groups excluding carboxylic acids is 2. The van der Waals surface area contributed by atoms with Crippen molar-refractivity contribution in [3.05, 3.63) is 67.3 Å². The summed E-state index contributed by atoms with van der Waals surface area (Å²) in [6, 6.07) is 5.98. The smallest absolute Gasteiger partial charge is 0.339 e. The molecule has 3 rings (SSSR count). The maximum Gasteiger partial charge on any atom is 0.339 e. The Morgan fingerprint density at radius 2 is 1.24 bits per heavy atom. The lowest BCUT2D eigenvalue weighted by Gasteiger charge is -2.10. The Morgan fingerprint density at radius 3 is 1.79 bits per heavy atom. The lowest BCUT2D eigenvalue weighted by atomic mass is 9.98. The van der Waals surface area contributed by atoms with Gasteiger partial charge in [-0.3, -0.25) is 25.0 Å². The molecule has 0 N–H and O–H groups in total. The van der Waals surface area contributed by atoms with Crippen LogP contribution < -0.4 is 0 Å². The van der Waals surface area contributed by atoms with Gasteiger partial charge in [0.15, 0.2) is 5.78 Å². The maximum absolute atomic E-state index is 12.9. The number of nitro groups is 2. The second-order valence-corrected chi connectivity index (χ2v) is 9.87. The van der Waals surface area contributed by atoms with Gasteiger partial charge in [0.2, 0.25) is 0 Å². The van der Waals surface area contributed by atoms with Crippen LogP contribution in [0, 0.1) is 20.2 Å². The van der Waals surface area contributed by atoms with Crippen LogP contribution in [0.25, 0.3) is 11.1 Å². The Labute approximate surface area is 222 Å². The Balaban J connectivity index is 1.50. The molecule has 0 bridgehead atoms. The number of hydrogen-bond acceptors (Lipinski definition) is 7. The normalized spacial score (nSPS) is 11.8. The van der Waals surface area contributed by atoms with Crippen molar-refractivity contribution in [3.63, 3.8) is 0 Å². The summed E-state index contributed by atoms with van der Waals surface area (Å²) < 4.78 is 5.42. The average molecular weight is 525 g/mol. The highest BCUT2D eigenvalue weighted by molar-refractivity contribution is 6.24. The molecule has 0 radical (unpaired) electrons. The van der Waals surface area contributed by atoms with Gasteiger partial charge in [0.25, 0.3) is 11.4 Å². The Kier molecular flexibility index (Phi) is 10.9. The van der Waals surface area contributed by atoms with Crippen molar-refractivity contribution in [1.29, 1.82) is 0 Å². The fourth-order valence-corrected chi connectivity index (χ4v) is 4.92. The van der Waals surface area contributed by atoms with Crippen LogP contribution in [0.15, 0.2) is 30.3 Å². The lowest BCUT2D eigenvalue weighted by molar-refractivity contribution is -0.385. The van der Waals surface area contributed by atoms with Gasteiger partial charge in [0.05, 0.1) is 22.0 Å². The zero-order chi connectivity index (χ0) is 27.5. The first-order valence-electron chi connectivity index (χ1n) is 13.7. The van der Waals surface area contributed by atoms with E-state index < -0.39 is 27.3 Å². The van der Waals surface area contributed by atoms with Crippen molar-refractivity contribution < 1.29 is 24.2 Å². The van der Waals surface area contributed by atoms with Crippen molar-refractivity contribution in [2.45, 2.75) is 90.4 Å². The molecule has 0 unspecified atom stereocenters. The van der Waals surface area contributed by atoms with Crippen molar-refractivity contribution in [2.24, 2.45) is 0 Å². The number of nitro benzene ring substituents is 2. The summed E-state index contributed by atoms with van der Waals surface area (Å²) in [5.74, 6) is -1.34. The molecule has 204 valence electrons. The summed E-state index contributed by atoms with van der Waals surface area (Å²) in [7, 11) is 0. The van der Waals surface area contributed by atoms with E-state index in [2.05, 4.69) is 6.92 Å². The van der Waals surface area contributed by atoms with Crippen LogP contribution >= 0.6 is 0 Å². The standard InChI is InChI=1S/C29H36N2O7/c1-2-3-4-5-6-7-8-9-10-11-12-13-14-17-38-29(33)26-20-22(31(36)37)19-25-27(26)23-16-15-21(30(34)35)18-24(23)28(25)32/h15-16,18-20H,2-14,17H2,1H3. The molecule has 0 saturated heterocycles. The fraction of sp³-hybridized carbons (Fsp3) is 0.517. The zero-order valence-electron chi connectivity index (χ0n) is 22.0. The molecule has 0 amide bonds. The molecule has 0 heterocycles. The van der Waals surface area contributed by atoms with Gasteiger partial charge >= 0.3 is 5.97 Å². The second-order valence-electron chi connectivity index (χ2n) is 9.87. The van der Waals surface area contributed by atoms with E-state index in [0.717, 1.165) is 37.5 Å². The van der Waals surface area contributed by atoms with Crippen LogP contribution in [0.5, 0.6) is 0 Å². The molecule has 0 atom stereocenters. The molecule has 0 aliphatic heterocycles. The quantitative estimate of drug-likeness (QED) is 0.0757. The Morgan fingerprint density at radius 1 is 0.711 bits per heavy atom. The highest BCUT2D eigenvalue weighted by Gasteiger charge is 2.35. The van der Waals surface area contributed by atoms with Crippen LogP contribution in [0.3, 0.4) is 0 Å². The predicted octanol–water partition coefficient (Wildman–Crippen LogP) is 7.96. The van der Waals surface area contributed by atoms with E-state index in [0.29, 0.717) is 12.0 Å². The number of non-ortho nitro benzene ring substituents is 2. The number of ether oxygens (including phenoxy) is 1. The van der Waals surface area contributed by atoms with Crippen LogP contribution in [0.2, 0.25) is 0 Å². The minimum Gasteiger partial charge on any atom is -0.462 e. The second kappa shape index (κ2) is 14.4. The van der Waals surface area contributed by atoms with Gasteiger partial charge in [0.1, 0.15) is 0 Å². The third kappa shape index (κ3) is 7.46. The summed E-state index contributed by atoms with van der Waals surface area (Å²) in [5, 5.41) is 22.6. The van der Waals surface area contributed by atoms with Gasteiger partial charge in [-0.15, -0.1) is 0 Å². The molecule has 2 aromatic carbocycles. The molecule has 0 fully saturated rings. The van der Waals surface area contributed by atoms with E-state index >= 15 is 0 Å². The minimum atomic E-state index is -0.747. The van der Waals surface area contributed by atoms with Crippen LogP contribution in [-0.4, -0.2) is 28.2 Å². The predicted molar refractivity (Wildman–Crippen MR) is 145 cm³/mol. The van der Waals surface area contributed by atoms with E-state index in [4.69, 9.17) is 4.74 Å². The number of benzene rings is 2. The van der Waals surface area contributed by atoms with Gasteiger partial charge < -0.3 is 4.74 Å². The van der Waals surface area contributed by atoms with E-state index in [1.807, 2.05) is 0 Å². The number of esters is 1. The number of nitrogens with zero attached hydrogens (tertiary/aromatic N) is 2. The zero-order valence-corrected chi connectivity index (χ0v) is 22.0. The van der Waals surface area contributed by atoms with Crippen molar-refractivity contribution in [3.8, 4) is 11.1 Å². The molecule has 9 heteroatoms. The highest BCUT2D eigenvalue weighted by atomic mass is 16.6. The topological polar surface area (TPSA) is 130 Å². The first kappa shape index (κ1) is 28.9. The average Bonchev–Trinajstić information content (AvgIpc) is 3.19. The largest absolute Gasteiger partial charge is 0.462 e. The third-order valence-corrected chi connectivity index (χ3v) is 7.01. The fourth-order valence-electron chi connectivity index (χ4n) is 4.92. The van der Waals surface area contributed by atoms with Crippen molar-refractivity contribution in [1.82, 2.24) is 0 Å². The molecule has 1 aliphatic rings. The number of rotatable bonds is 17. The van der Waals surface area contributed by atoms with Gasteiger partial charge in [0, 0.05) is 41.0 Å². The minimum absolute atomic E-state index is 0.0254. The first-order chi connectivity index (χ1) is 18.3. The molecule has 1 aliphatic carbocycles. The molecular formula is C29H36N2O7. The number of carbonyl (C=O) groups is 2. The Bertz CT molecular complexity index is 1180. The van der Waals surface area contributed by atoms with Gasteiger partial charge in [-0.2, -0.15) is 0 Å². The van der Waals surface area contributed by atoms with Crippen molar-refractivity contribution >= 4 is 23.1 Å². The third-order valence-electron chi connectivity index (χ3n) is 7.01. The van der Waals surface area contributed by atoms with Crippen LogP contribution in [0.1, 0.15) is 117 Å². The molecule has 9 nitrogen and oxygen atoms in total. The maximum atomic E-state index is 12.9. The molecule has 38 heavy (non-hydrogen) atoms. The lowest BCUT2D eigenvalue weighted by Crippen LogP contribution is -2.10. The number of fused-ring (bicyclic) bond motifs is 3. The summed E-state index contributed by atoms with van der Waals surface area (Å²) in [5.41, 5.74) is -0.190. The van der Waals surface area contributed by atoms with E-state index in [1.54, 1.807) is 0 Å². The molecule has 0 aromatic heterocycles. The number of hydrogen-bond donors (Lipinski definition) is 0. The Hall–Kier alpha value is -3.62. The highest BCUT2D eigenvalue weighted by Crippen LogP contribution is 2.42. The summed E-state index contributed by atoms with van der Waals surface area (Å²) >= 11 is 0.